The predicted molar refractivity (Wildman–Crippen MR) is 89.5 cm³/mol. The Morgan fingerprint density at radius 3 is 2.77 bits per heavy atom. The molecule has 114 valence electrons. The molecular formula is C17H18ClN3O. The summed E-state index contributed by atoms with van der Waals surface area (Å²) in [5.74, 6) is 1.81. The van der Waals surface area contributed by atoms with Crippen LogP contribution in [0.1, 0.15) is 11.4 Å². The van der Waals surface area contributed by atoms with Gasteiger partial charge in [-0.05, 0) is 48.9 Å². The predicted octanol–water partition coefficient (Wildman–Crippen LogP) is 3.56. The number of rotatable bonds is 6. The van der Waals surface area contributed by atoms with E-state index >= 15 is 0 Å². The summed E-state index contributed by atoms with van der Waals surface area (Å²) >= 11 is 5.97. The fourth-order valence-electron chi connectivity index (χ4n) is 2.35. The molecule has 1 aromatic heterocycles. The molecule has 0 aliphatic rings. The molecule has 3 aromatic rings. The second-order valence-corrected chi connectivity index (χ2v) is 5.56. The van der Waals surface area contributed by atoms with Gasteiger partial charge >= 0.3 is 0 Å². The minimum Gasteiger partial charge on any atom is -0.497 e. The average molecular weight is 316 g/mol. The normalized spacial score (nSPS) is 11.0. The summed E-state index contributed by atoms with van der Waals surface area (Å²) in [4.78, 5) is 7.80. The smallest absolute Gasteiger partial charge is 0.121 e. The molecular weight excluding hydrogens is 298 g/mol. The first-order chi connectivity index (χ1) is 10.7. The lowest BCUT2D eigenvalue weighted by atomic mass is 10.1. The highest BCUT2D eigenvalue weighted by molar-refractivity contribution is 6.31. The lowest BCUT2D eigenvalue weighted by molar-refractivity contribution is 0.414. The van der Waals surface area contributed by atoms with Crippen molar-refractivity contribution in [3.8, 4) is 5.75 Å². The first kappa shape index (κ1) is 14.9. The Hall–Kier alpha value is -2.04. The van der Waals surface area contributed by atoms with Gasteiger partial charge in [-0.25, -0.2) is 4.98 Å². The molecule has 2 N–H and O–H groups in total. The van der Waals surface area contributed by atoms with Crippen LogP contribution in [0.3, 0.4) is 0 Å². The molecule has 0 saturated heterocycles. The largest absolute Gasteiger partial charge is 0.497 e. The zero-order valence-electron chi connectivity index (χ0n) is 12.4. The van der Waals surface area contributed by atoms with E-state index in [1.165, 1.54) is 5.56 Å². The third-order valence-corrected chi connectivity index (χ3v) is 3.77. The number of ether oxygens (including phenoxy) is 1. The molecule has 0 spiro atoms. The first-order valence-electron chi connectivity index (χ1n) is 7.22. The van der Waals surface area contributed by atoms with Crippen molar-refractivity contribution < 1.29 is 4.74 Å². The summed E-state index contributed by atoms with van der Waals surface area (Å²) in [6.07, 6.45) is 0.968. The van der Waals surface area contributed by atoms with E-state index in [-0.39, 0.29) is 0 Å². The number of aromatic nitrogens is 2. The van der Waals surface area contributed by atoms with Crippen molar-refractivity contribution in [1.82, 2.24) is 15.3 Å². The molecule has 2 aromatic carbocycles. The number of aromatic amines is 1. The molecule has 22 heavy (non-hydrogen) atoms. The van der Waals surface area contributed by atoms with Gasteiger partial charge in [-0.15, -0.1) is 0 Å². The number of fused-ring (bicyclic) bond motifs is 1. The highest BCUT2D eigenvalue weighted by Crippen LogP contribution is 2.17. The van der Waals surface area contributed by atoms with Gasteiger partial charge in [0.05, 0.1) is 24.7 Å². The molecule has 3 rings (SSSR count). The topological polar surface area (TPSA) is 49.9 Å². The summed E-state index contributed by atoms with van der Waals surface area (Å²) < 4.78 is 5.15. The van der Waals surface area contributed by atoms with Crippen LogP contribution in [0, 0.1) is 0 Å². The molecule has 0 bridgehead atoms. The standard InChI is InChI=1S/C17H18ClN3O/c1-22-14-5-2-12(3-6-14)8-9-19-11-17-20-15-7-4-13(18)10-16(15)21-17/h2-7,10,19H,8-9,11H2,1H3,(H,20,21). The van der Waals surface area contributed by atoms with Gasteiger partial charge in [-0.2, -0.15) is 0 Å². The van der Waals surface area contributed by atoms with Gasteiger partial charge in [0, 0.05) is 5.02 Å². The Kier molecular flexibility index (Phi) is 4.61. The summed E-state index contributed by atoms with van der Waals surface area (Å²) in [5.41, 5.74) is 3.19. The average Bonchev–Trinajstić information content (AvgIpc) is 2.94. The fourth-order valence-corrected chi connectivity index (χ4v) is 2.52. The second-order valence-electron chi connectivity index (χ2n) is 5.12. The number of imidazole rings is 1. The number of nitrogens with zero attached hydrogens (tertiary/aromatic N) is 1. The summed E-state index contributed by atoms with van der Waals surface area (Å²) in [6.45, 7) is 1.60. The lowest BCUT2D eigenvalue weighted by Crippen LogP contribution is -2.17. The van der Waals surface area contributed by atoms with E-state index in [9.17, 15) is 0 Å². The van der Waals surface area contributed by atoms with Crippen molar-refractivity contribution in [3.05, 3.63) is 58.9 Å². The van der Waals surface area contributed by atoms with Crippen LogP contribution in [-0.2, 0) is 13.0 Å². The minimum atomic E-state index is 0.711. The van der Waals surface area contributed by atoms with Crippen molar-refractivity contribution >= 4 is 22.6 Å². The molecule has 1 heterocycles. The van der Waals surface area contributed by atoms with Crippen molar-refractivity contribution in [2.45, 2.75) is 13.0 Å². The maximum atomic E-state index is 5.97. The van der Waals surface area contributed by atoms with Gasteiger partial charge in [-0.3, -0.25) is 0 Å². The number of hydrogen-bond acceptors (Lipinski definition) is 3. The molecule has 5 heteroatoms. The molecule has 0 fully saturated rings. The van der Waals surface area contributed by atoms with Crippen molar-refractivity contribution in [1.29, 1.82) is 0 Å². The zero-order valence-corrected chi connectivity index (χ0v) is 13.2. The van der Waals surface area contributed by atoms with Crippen LogP contribution >= 0.6 is 11.6 Å². The SMILES string of the molecule is COc1ccc(CCNCc2nc3ccc(Cl)cc3[nH]2)cc1. The maximum Gasteiger partial charge on any atom is 0.121 e. The quantitative estimate of drug-likeness (QED) is 0.684. The summed E-state index contributed by atoms with van der Waals surface area (Å²) in [6, 6.07) is 13.8. The zero-order chi connectivity index (χ0) is 15.4. The van der Waals surface area contributed by atoms with E-state index in [1.807, 2.05) is 30.3 Å². The Labute approximate surface area is 134 Å². The highest BCUT2D eigenvalue weighted by atomic mass is 35.5. The van der Waals surface area contributed by atoms with Crippen LogP contribution in [0.25, 0.3) is 11.0 Å². The number of benzene rings is 2. The molecule has 4 nitrogen and oxygen atoms in total. The second kappa shape index (κ2) is 6.81. The van der Waals surface area contributed by atoms with Crippen LogP contribution < -0.4 is 10.1 Å². The molecule has 0 radical (unpaired) electrons. The van der Waals surface area contributed by atoms with Gasteiger partial charge in [0.1, 0.15) is 11.6 Å². The minimum absolute atomic E-state index is 0.711. The fraction of sp³-hybridized carbons (Fsp3) is 0.235. The third-order valence-electron chi connectivity index (χ3n) is 3.53. The third kappa shape index (κ3) is 3.59. The van der Waals surface area contributed by atoms with Gasteiger partial charge in [0.15, 0.2) is 0 Å². The van der Waals surface area contributed by atoms with Gasteiger partial charge in [0.2, 0.25) is 0 Å². The van der Waals surface area contributed by atoms with Gasteiger partial charge in [0.25, 0.3) is 0 Å². The van der Waals surface area contributed by atoms with Crippen LogP contribution in [0.4, 0.5) is 0 Å². The summed E-state index contributed by atoms with van der Waals surface area (Å²) in [7, 11) is 1.68. The van der Waals surface area contributed by atoms with Crippen molar-refractivity contribution in [2.24, 2.45) is 0 Å². The summed E-state index contributed by atoms with van der Waals surface area (Å²) in [5, 5.41) is 4.11. The molecule has 0 aliphatic carbocycles. The van der Waals surface area contributed by atoms with Crippen molar-refractivity contribution in [3.63, 3.8) is 0 Å². The van der Waals surface area contributed by atoms with E-state index in [0.29, 0.717) is 6.54 Å². The van der Waals surface area contributed by atoms with Gasteiger partial charge in [-0.1, -0.05) is 23.7 Å². The van der Waals surface area contributed by atoms with Crippen LogP contribution in [0.2, 0.25) is 5.02 Å². The number of H-pyrrole nitrogens is 1. The number of hydrogen-bond donors (Lipinski definition) is 2. The van der Waals surface area contributed by atoms with Crippen LogP contribution in [0.5, 0.6) is 5.75 Å². The number of methoxy groups -OCH3 is 1. The Bertz CT molecular complexity index is 752. The molecule has 0 atom stereocenters. The van der Waals surface area contributed by atoms with Crippen LogP contribution in [-0.4, -0.2) is 23.6 Å². The number of halogens is 1. The van der Waals surface area contributed by atoms with E-state index in [4.69, 9.17) is 16.3 Å². The van der Waals surface area contributed by atoms with E-state index in [2.05, 4.69) is 27.4 Å². The van der Waals surface area contributed by atoms with Gasteiger partial charge < -0.3 is 15.0 Å². The monoisotopic (exact) mass is 315 g/mol. The van der Waals surface area contributed by atoms with Crippen molar-refractivity contribution in [2.75, 3.05) is 13.7 Å². The molecule has 0 amide bonds. The molecule has 0 unspecified atom stereocenters. The Morgan fingerprint density at radius 1 is 1.18 bits per heavy atom. The Balaban J connectivity index is 1.51. The number of nitrogens with one attached hydrogen (secondary N) is 2. The molecule has 0 aliphatic heterocycles. The Morgan fingerprint density at radius 2 is 2.00 bits per heavy atom. The maximum absolute atomic E-state index is 5.97. The van der Waals surface area contributed by atoms with E-state index in [0.717, 1.165) is 40.6 Å². The highest BCUT2D eigenvalue weighted by Gasteiger charge is 2.03. The first-order valence-corrected chi connectivity index (χ1v) is 7.60. The lowest BCUT2D eigenvalue weighted by Gasteiger charge is -2.04. The molecule has 0 saturated carbocycles. The van der Waals surface area contributed by atoms with Crippen LogP contribution in [0.15, 0.2) is 42.5 Å². The van der Waals surface area contributed by atoms with E-state index in [1.54, 1.807) is 7.11 Å². The van der Waals surface area contributed by atoms with E-state index < -0.39 is 0 Å².